The van der Waals surface area contributed by atoms with Gasteiger partial charge >= 0.3 is 5.97 Å². The maximum Gasteiger partial charge on any atom is 0.362 e. The second-order valence-electron chi connectivity index (χ2n) is 1.22. The normalized spacial score (nSPS) is 11.2. The van der Waals surface area contributed by atoms with Crippen LogP contribution in [0.3, 0.4) is 0 Å². The molecule has 0 fully saturated rings. The molecule has 0 saturated heterocycles. The van der Waals surface area contributed by atoms with Crippen LogP contribution in [-0.2, 0) is 9.53 Å². The van der Waals surface area contributed by atoms with Crippen LogP contribution in [0.4, 0.5) is 0 Å². The summed E-state index contributed by atoms with van der Waals surface area (Å²) in [6.45, 7) is 0. The van der Waals surface area contributed by atoms with Crippen LogP contribution in [0.15, 0.2) is 4.99 Å². The van der Waals surface area contributed by atoms with Gasteiger partial charge in [-0.2, -0.15) is 0 Å². The van der Waals surface area contributed by atoms with Gasteiger partial charge in [0.1, 0.15) is 0 Å². The summed E-state index contributed by atoms with van der Waals surface area (Å²) in [7, 11) is 2.90. The van der Waals surface area contributed by atoms with E-state index in [1.165, 1.54) is 18.9 Å². The van der Waals surface area contributed by atoms with Crippen molar-refractivity contribution < 1.29 is 9.53 Å². The van der Waals surface area contributed by atoms with E-state index in [2.05, 4.69) is 9.73 Å². The van der Waals surface area contributed by atoms with Gasteiger partial charge in [0, 0.05) is 7.05 Å². The third-order valence-corrected chi connectivity index (χ3v) is 1.49. The number of thioether (sulfide) groups is 1. The van der Waals surface area contributed by atoms with Crippen LogP contribution < -0.4 is 0 Å². The second kappa shape index (κ2) is 4.38. The summed E-state index contributed by atoms with van der Waals surface area (Å²) in [6, 6.07) is 0. The van der Waals surface area contributed by atoms with E-state index in [1.54, 1.807) is 13.3 Å². The van der Waals surface area contributed by atoms with Gasteiger partial charge in [0.25, 0.3) is 0 Å². The predicted octanol–water partition coefficient (Wildman–Crippen LogP) is 0.551. The highest BCUT2D eigenvalue weighted by Crippen LogP contribution is 1.98. The van der Waals surface area contributed by atoms with Gasteiger partial charge in [-0.3, -0.25) is 4.99 Å². The van der Waals surface area contributed by atoms with Crippen LogP contribution in [0.25, 0.3) is 0 Å². The molecule has 0 heterocycles. The van der Waals surface area contributed by atoms with Gasteiger partial charge in [0.05, 0.1) is 7.11 Å². The van der Waals surface area contributed by atoms with E-state index in [0.717, 1.165) is 0 Å². The molecule has 0 unspecified atom stereocenters. The quantitative estimate of drug-likeness (QED) is 0.285. The Bertz CT molecular complexity index is 133. The highest BCUT2D eigenvalue weighted by Gasteiger charge is 2.06. The van der Waals surface area contributed by atoms with Crippen LogP contribution in [0, 0.1) is 0 Å². The van der Waals surface area contributed by atoms with E-state index >= 15 is 0 Å². The van der Waals surface area contributed by atoms with Gasteiger partial charge in [0.2, 0.25) is 0 Å². The molecule has 0 saturated carbocycles. The number of hydrogen-bond acceptors (Lipinski definition) is 4. The average molecular weight is 147 g/mol. The maximum atomic E-state index is 10.6. The van der Waals surface area contributed by atoms with Crippen molar-refractivity contribution in [1.82, 2.24) is 0 Å². The fourth-order valence-corrected chi connectivity index (χ4v) is 0.786. The first-order valence-electron chi connectivity index (χ1n) is 2.35. The standard InChI is InChI=1S/C5H9NO2S/c1-6-4(9-3)5(7)8-2/h1-3H3. The van der Waals surface area contributed by atoms with Crippen molar-refractivity contribution >= 4 is 22.8 Å². The third kappa shape index (κ3) is 2.51. The average Bonchev–Trinajstić information content (AvgIpc) is 1.90. The minimum absolute atomic E-state index is 0.370. The number of methoxy groups -OCH3 is 1. The summed E-state index contributed by atoms with van der Waals surface area (Å²) in [4.78, 5) is 14.3. The van der Waals surface area contributed by atoms with Gasteiger partial charge in [-0.15, -0.1) is 11.8 Å². The molecule has 0 aromatic rings. The Morgan fingerprint density at radius 3 is 2.33 bits per heavy atom. The summed E-state index contributed by atoms with van der Waals surface area (Å²) >= 11 is 1.28. The largest absolute Gasteiger partial charge is 0.464 e. The summed E-state index contributed by atoms with van der Waals surface area (Å²) in [5.41, 5.74) is 0. The van der Waals surface area contributed by atoms with Crippen molar-refractivity contribution in [3.05, 3.63) is 0 Å². The summed E-state index contributed by atoms with van der Waals surface area (Å²) in [6.07, 6.45) is 1.78. The van der Waals surface area contributed by atoms with E-state index in [-0.39, 0.29) is 5.97 Å². The zero-order chi connectivity index (χ0) is 7.28. The Morgan fingerprint density at radius 2 is 2.22 bits per heavy atom. The number of rotatable bonds is 0. The van der Waals surface area contributed by atoms with E-state index in [9.17, 15) is 4.79 Å². The first-order chi connectivity index (χ1) is 4.26. The van der Waals surface area contributed by atoms with Crippen LogP contribution in [-0.4, -0.2) is 31.4 Å². The lowest BCUT2D eigenvalue weighted by atomic mass is 10.7. The summed E-state index contributed by atoms with van der Waals surface area (Å²) < 4.78 is 4.40. The third-order valence-electron chi connectivity index (χ3n) is 0.756. The van der Waals surface area contributed by atoms with Crippen LogP contribution in [0.5, 0.6) is 0 Å². The molecule has 4 heteroatoms. The van der Waals surface area contributed by atoms with Crippen molar-refractivity contribution in [2.45, 2.75) is 0 Å². The highest BCUT2D eigenvalue weighted by molar-refractivity contribution is 8.15. The molecule has 0 aliphatic carbocycles. The number of carbonyl (C=O) groups excluding carboxylic acids is 1. The Labute approximate surface area is 58.5 Å². The molecule has 0 rings (SSSR count). The summed E-state index contributed by atoms with van der Waals surface area (Å²) in [5.74, 6) is -0.370. The van der Waals surface area contributed by atoms with Crippen molar-refractivity contribution in [1.29, 1.82) is 0 Å². The molecule has 0 amide bonds. The first kappa shape index (κ1) is 8.49. The SMILES string of the molecule is CN=C(SC)C(=O)OC. The molecule has 9 heavy (non-hydrogen) atoms. The molecule has 0 radical (unpaired) electrons. The zero-order valence-corrected chi connectivity index (χ0v) is 6.49. The molecule has 0 atom stereocenters. The molecule has 0 aromatic carbocycles. The molecule has 3 nitrogen and oxygen atoms in total. The van der Waals surface area contributed by atoms with Gasteiger partial charge in [-0.1, -0.05) is 0 Å². The first-order valence-corrected chi connectivity index (χ1v) is 3.57. The fourth-order valence-electron chi connectivity index (χ4n) is 0.353. The van der Waals surface area contributed by atoms with E-state index in [0.29, 0.717) is 5.04 Å². The number of ether oxygens (including phenoxy) is 1. The molecule has 0 aromatic heterocycles. The zero-order valence-electron chi connectivity index (χ0n) is 5.67. The molecule has 0 spiro atoms. The number of esters is 1. The van der Waals surface area contributed by atoms with Gasteiger partial charge in [0.15, 0.2) is 5.04 Å². The van der Waals surface area contributed by atoms with Gasteiger partial charge in [-0.05, 0) is 6.26 Å². The number of hydrogen-bond donors (Lipinski definition) is 0. The number of aliphatic imine (C=N–C) groups is 1. The minimum Gasteiger partial charge on any atom is -0.464 e. The van der Waals surface area contributed by atoms with Crippen LogP contribution >= 0.6 is 11.8 Å². The predicted molar refractivity (Wildman–Crippen MR) is 38.9 cm³/mol. The van der Waals surface area contributed by atoms with Crippen LogP contribution in [0.1, 0.15) is 0 Å². The summed E-state index contributed by atoms with van der Waals surface area (Å²) in [5, 5.41) is 0.400. The fraction of sp³-hybridized carbons (Fsp3) is 0.600. The molecular weight excluding hydrogens is 138 g/mol. The topological polar surface area (TPSA) is 38.7 Å². The molecule has 52 valence electrons. The molecule has 0 aliphatic rings. The smallest absolute Gasteiger partial charge is 0.362 e. The van der Waals surface area contributed by atoms with E-state index in [1.807, 2.05) is 0 Å². The van der Waals surface area contributed by atoms with Gasteiger partial charge in [-0.25, -0.2) is 4.79 Å². The van der Waals surface area contributed by atoms with Gasteiger partial charge < -0.3 is 4.74 Å². The molecule has 0 aliphatic heterocycles. The Morgan fingerprint density at radius 1 is 1.67 bits per heavy atom. The van der Waals surface area contributed by atoms with Crippen molar-refractivity contribution in [3.63, 3.8) is 0 Å². The molecular formula is C5H9NO2S. The minimum atomic E-state index is -0.370. The lowest BCUT2D eigenvalue weighted by molar-refractivity contribution is -0.132. The molecule has 0 N–H and O–H groups in total. The number of nitrogens with zero attached hydrogens (tertiary/aromatic N) is 1. The number of carbonyl (C=O) groups is 1. The Balaban J connectivity index is 3.97. The lowest BCUT2D eigenvalue weighted by Gasteiger charge is -1.96. The Kier molecular flexibility index (Phi) is 4.13. The van der Waals surface area contributed by atoms with Crippen molar-refractivity contribution in [2.24, 2.45) is 4.99 Å². The van der Waals surface area contributed by atoms with Crippen LogP contribution in [0.2, 0.25) is 0 Å². The van der Waals surface area contributed by atoms with E-state index < -0.39 is 0 Å². The monoisotopic (exact) mass is 147 g/mol. The van der Waals surface area contributed by atoms with Crippen molar-refractivity contribution in [3.8, 4) is 0 Å². The molecule has 0 bridgehead atoms. The van der Waals surface area contributed by atoms with Crippen molar-refractivity contribution in [2.75, 3.05) is 20.4 Å². The lowest BCUT2D eigenvalue weighted by Crippen LogP contribution is -2.11. The Hall–Kier alpha value is -0.510. The maximum absolute atomic E-state index is 10.6. The second-order valence-corrected chi connectivity index (χ2v) is 2.02. The van der Waals surface area contributed by atoms with E-state index in [4.69, 9.17) is 0 Å². The highest BCUT2D eigenvalue weighted by atomic mass is 32.2.